The summed E-state index contributed by atoms with van der Waals surface area (Å²) >= 11 is 0. The topological polar surface area (TPSA) is 43.8 Å². The molecule has 1 aliphatic rings. The Hall–Kier alpha value is -3.05. The van der Waals surface area contributed by atoms with Crippen LogP contribution >= 0.6 is 0 Å². The Balaban J connectivity index is 1.62. The number of anilines is 2. The van der Waals surface area contributed by atoms with Crippen molar-refractivity contribution in [2.24, 2.45) is 0 Å². The minimum atomic E-state index is 0.423. The van der Waals surface area contributed by atoms with Gasteiger partial charge >= 0.3 is 0 Å². The van der Waals surface area contributed by atoms with E-state index in [9.17, 15) is 0 Å². The van der Waals surface area contributed by atoms with Crippen LogP contribution in [-0.4, -0.2) is 31.9 Å². The molecule has 186 valence electrons. The first-order valence-corrected chi connectivity index (χ1v) is 12.9. The molecule has 3 aromatic rings. The predicted molar refractivity (Wildman–Crippen MR) is 143 cm³/mol. The zero-order valence-corrected chi connectivity index (χ0v) is 21.3. The van der Waals surface area contributed by atoms with Crippen LogP contribution in [0.1, 0.15) is 57.6 Å². The third-order valence-electron chi connectivity index (χ3n) is 6.74. The van der Waals surface area contributed by atoms with Crippen LogP contribution in [0.25, 0.3) is 11.1 Å². The molecule has 5 nitrogen and oxygen atoms in total. The fraction of sp³-hybridized carbons (Fsp3) is 0.433. The average Bonchev–Trinajstić information content (AvgIpc) is 2.91. The standard InChI is InChI=1S/C30H38N2O3/c1-4-5-21-35-27-17-13-24(14-18-27)23-11-15-26(16-12-23)32(25-9-7-6-8-10-25)29-19-20-31-28(22-33-2)30(29)34-3/h11-20,25H,4-10,21-22H2,1-3H3. The van der Waals surface area contributed by atoms with Crippen LogP contribution < -0.4 is 14.4 Å². The molecular formula is C30H38N2O3. The van der Waals surface area contributed by atoms with Gasteiger partial charge in [-0.25, -0.2) is 0 Å². The van der Waals surface area contributed by atoms with Gasteiger partial charge in [-0.05, 0) is 60.7 Å². The number of unbranched alkanes of at least 4 members (excludes halogenated alkanes) is 1. The maximum atomic E-state index is 5.87. The summed E-state index contributed by atoms with van der Waals surface area (Å²) in [5, 5.41) is 0. The molecule has 0 aliphatic heterocycles. The highest BCUT2D eigenvalue weighted by molar-refractivity contribution is 5.74. The molecule has 0 N–H and O–H groups in total. The van der Waals surface area contributed by atoms with Crippen molar-refractivity contribution in [3.8, 4) is 22.6 Å². The van der Waals surface area contributed by atoms with E-state index in [1.165, 1.54) is 48.9 Å². The largest absolute Gasteiger partial charge is 0.494 e. The summed E-state index contributed by atoms with van der Waals surface area (Å²) in [5.74, 6) is 1.72. The first-order chi connectivity index (χ1) is 17.2. The number of benzene rings is 2. The Morgan fingerprint density at radius 3 is 2.20 bits per heavy atom. The lowest BCUT2D eigenvalue weighted by Gasteiger charge is -2.37. The third kappa shape index (κ3) is 6.15. The van der Waals surface area contributed by atoms with Crippen molar-refractivity contribution in [1.29, 1.82) is 0 Å². The molecule has 1 aromatic heterocycles. The second kappa shape index (κ2) is 12.6. The maximum Gasteiger partial charge on any atom is 0.166 e. The van der Waals surface area contributed by atoms with Crippen LogP contribution in [0.2, 0.25) is 0 Å². The highest BCUT2D eigenvalue weighted by Gasteiger charge is 2.26. The number of rotatable bonds is 11. The van der Waals surface area contributed by atoms with Crippen LogP contribution in [0.3, 0.4) is 0 Å². The second-order valence-corrected chi connectivity index (χ2v) is 9.18. The van der Waals surface area contributed by atoms with Gasteiger partial charge in [0.15, 0.2) is 5.75 Å². The van der Waals surface area contributed by atoms with Crippen molar-refractivity contribution < 1.29 is 14.2 Å². The number of hydrogen-bond donors (Lipinski definition) is 0. The number of aromatic nitrogens is 1. The summed E-state index contributed by atoms with van der Waals surface area (Å²) in [6.07, 6.45) is 10.2. The SMILES string of the molecule is CCCCOc1ccc(-c2ccc(N(c3ccnc(COC)c3OC)C3CCCCC3)cc2)cc1. The van der Waals surface area contributed by atoms with Gasteiger partial charge in [-0.15, -0.1) is 0 Å². The Bertz CT molecular complexity index is 1040. The van der Waals surface area contributed by atoms with Crippen molar-refractivity contribution in [3.63, 3.8) is 0 Å². The summed E-state index contributed by atoms with van der Waals surface area (Å²) in [6, 6.07) is 19.8. The number of nitrogens with zero attached hydrogens (tertiary/aromatic N) is 2. The van der Waals surface area contributed by atoms with E-state index in [1.807, 2.05) is 6.20 Å². The van der Waals surface area contributed by atoms with Crippen molar-refractivity contribution in [2.75, 3.05) is 25.7 Å². The molecule has 1 heterocycles. The molecule has 0 unspecified atom stereocenters. The van der Waals surface area contributed by atoms with Crippen molar-refractivity contribution in [1.82, 2.24) is 4.98 Å². The zero-order valence-electron chi connectivity index (χ0n) is 21.3. The molecule has 1 saturated carbocycles. The minimum absolute atomic E-state index is 0.423. The lowest BCUT2D eigenvalue weighted by Crippen LogP contribution is -2.33. The molecule has 0 radical (unpaired) electrons. The van der Waals surface area contributed by atoms with Crippen LogP contribution in [0, 0.1) is 0 Å². The number of methoxy groups -OCH3 is 2. The van der Waals surface area contributed by atoms with Gasteiger partial charge in [-0.1, -0.05) is 56.9 Å². The number of pyridine rings is 1. The van der Waals surface area contributed by atoms with Crippen molar-refractivity contribution in [3.05, 3.63) is 66.5 Å². The summed E-state index contributed by atoms with van der Waals surface area (Å²) < 4.78 is 17.1. The quantitative estimate of drug-likeness (QED) is 0.268. The first kappa shape index (κ1) is 25.1. The molecule has 4 rings (SSSR count). The molecule has 0 amide bonds. The number of hydrogen-bond acceptors (Lipinski definition) is 5. The minimum Gasteiger partial charge on any atom is -0.494 e. The molecule has 0 bridgehead atoms. The normalized spacial score (nSPS) is 14.0. The molecule has 0 saturated heterocycles. The van der Waals surface area contributed by atoms with Crippen molar-refractivity contribution >= 4 is 11.4 Å². The molecular weight excluding hydrogens is 436 g/mol. The molecule has 0 atom stereocenters. The summed E-state index contributed by atoms with van der Waals surface area (Å²) in [6.45, 7) is 3.37. The monoisotopic (exact) mass is 474 g/mol. The summed E-state index contributed by atoms with van der Waals surface area (Å²) in [5.41, 5.74) is 5.44. The van der Waals surface area contributed by atoms with Gasteiger partial charge in [0, 0.05) is 25.0 Å². The van der Waals surface area contributed by atoms with E-state index in [2.05, 4.69) is 71.4 Å². The highest BCUT2D eigenvalue weighted by atomic mass is 16.5. The van der Waals surface area contributed by atoms with E-state index in [0.717, 1.165) is 42.3 Å². The fourth-order valence-electron chi connectivity index (χ4n) is 4.91. The molecule has 5 heteroatoms. The van der Waals surface area contributed by atoms with E-state index in [0.29, 0.717) is 12.6 Å². The predicted octanol–water partition coefficient (Wildman–Crippen LogP) is 7.55. The van der Waals surface area contributed by atoms with Crippen LogP contribution in [-0.2, 0) is 11.3 Å². The van der Waals surface area contributed by atoms with Crippen molar-refractivity contribution in [2.45, 2.75) is 64.5 Å². The van der Waals surface area contributed by atoms with E-state index >= 15 is 0 Å². The fourth-order valence-corrected chi connectivity index (χ4v) is 4.91. The van der Waals surface area contributed by atoms with Crippen LogP contribution in [0.4, 0.5) is 11.4 Å². The Morgan fingerprint density at radius 1 is 0.886 bits per heavy atom. The van der Waals surface area contributed by atoms with Crippen LogP contribution in [0.15, 0.2) is 60.8 Å². The average molecular weight is 475 g/mol. The van der Waals surface area contributed by atoms with Gasteiger partial charge < -0.3 is 19.1 Å². The van der Waals surface area contributed by atoms with Gasteiger partial charge in [-0.2, -0.15) is 0 Å². The Labute approximate surface area is 210 Å². The molecule has 1 aliphatic carbocycles. The maximum absolute atomic E-state index is 5.87. The second-order valence-electron chi connectivity index (χ2n) is 9.18. The van der Waals surface area contributed by atoms with Gasteiger partial charge in [0.2, 0.25) is 0 Å². The van der Waals surface area contributed by atoms with E-state index in [1.54, 1.807) is 14.2 Å². The molecule has 1 fully saturated rings. The smallest absolute Gasteiger partial charge is 0.166 e. The van der Waals surface area contributed by atoms with E-state index in [4.69, 9.17) is 14.2 Å². The van der Waals surface area contributed by atoms with Gasteiger partial charge in [0.25, 0.3) is 0 Å². The van der Waals surface area contributed by atoms with Gasteiger partial charge in [0.05, 0.1) is 26.0 Å². The van der Waals surface area contributed by atoms with Crippen LogP contribution in [0.5, 0.6) is 11.5 Å². The van der Waals surface area contributed by atoms with Gasteiger partial charge in [-0.3, -0.25) is 4.98 Å². The first-order valence-electron chi connectivity index (χ1n) is 12.9. The Morgan fingerprint density at radius 2 is 1.57 bits per heavy atom. The molecule has 0 spiro atoms. The summed E-state index contributed by atoms with van der Waals surface area (Å²) in [7, 11) is 3.41. The number of ether oxygens (including phenoxy) is 3. The third-order valence-corrected chi connectivity index (χ3v) is 6.74. The van der Waals surface area contributed by atoms with E-state index in [-0.39, 0.29) is 0 Å². The molecule has 2 aromatic carbocycles. The van der Waals surface area contributed by atoms with Gasteiger partial charge in [0.1, 0.15) is 11.4 Å². The lowest BCUT2D eigenvalue weighted by molar-refractivity contribution is 0.178. The Kier molecular flexibility index (Phi) is 9.02. The lowest BCUT2D eigenvalue weighted by atomic mass is 9.93. The summed E-state index contributed by atoms with van der Waals surface area (Å²) in [4.78, 5) is 6.97. The molecule has 35 heavy (non-hydrogen) atoms. The zero-order chi connectivity index (χ0) is 24.5. The van der Waals surface area contributed by atoms with E-state index < -0.39 is 0 Å². The highest BCUT2D eigenvalue weighted by Crippen LogP contribution is 2.41.